The molecule has 0 spiro atoms. The van der Waals surface area contributed by atoms with Crippen molar-refractivity contribution in [2.75, 3.05) is 7.05 Å². The molecule has 0 saturated heterocycles. The van der Waals surface area contributed by atoms with E-state index >= 15 is 0 Å². The van der Waals surface area contributed by atoms with E-state index in [4.69, 9.17) is 4.42 Å². The largest absolute Gasteiger partial charge is 0.464 e. The molecule has 0 radical (unpaired) electrons. The van der Waals surface area contributed by atoms with E-state index < -0.39 is 0 Å². The summed E-state index contributed by atoms with van der Waals surface area (Å²) in [5, 5.41) is 3.62. The molecule has 15 heavy (non-hydrogen) atoms. The van der Waals surface area contributed by atoms with Crippen LogP contribution in [0.2, 0.25) is 0 Å². The van der Waals surface area contributed by atoms with E-state index in [9.17, 15) is 4.79 Å². The summed E-state index contributed by atoms with van der Waals surface area (Å²) < 4.78 is 5.40. The van der Waals surface area contributed by atoms with Crippen molar-refractivity contribution in [3.05, 3.63) is 35.6 Å². The van der Waals surface area contributed by atoms with Gasteiger partial charge in [0.1, 0.15) is 5.58 Å². The Morgan fingerprint density at radius 1 is 1.47 bits per heavy atom. The van der Waals surface area contributed by atoms with Crippen molar-refractivity contribution in [1.82, 2.24) is 5.32 Å². The summed E-state index contributed by atoms with van der Waals surface area (Å²) in [4.78, 5) is 11.2. The molecule has 1 N–H and O–H groups in total. The SMILES string of the molecule is CNC(=O)Cc1coc2cc(C)ccc12. The molecule has 78 valence electrons. The molecule has 1 amide bonds. The third-order valence-corrected chi connectivity index (χ3v) is 2.44. The number of furan rings is 1. The first-order valence-electron chi connectivity index (χ1n) is 4.88. The van der Waals surface area contributed by atoms with Crippen molar-refractivity contribution in [3.8, 4) is 0 Å². The first kappa shape index (κ1) is 9.77. The standard InChI is InChI=1S/C12H13NO2/c1-8-3-4-10-9(6-12(14)13-2)7-15-11(10)5-8/h3-5,7H,6H2,1-2H3,(H,13,14). The van der Waals surface area contributed by atoms with E-state index in [-0.39, 0.29) is 5.91 Å². The number of rotatable bonds is 2. The van der Waals surface area contributed by atoms with E-state index in [0.29, 0.717) is 6.42 Å². The molecule has 2 rings (SSSR count). The summed E-state index contributed by atoms with van der Waals surface area (Å²) in [5.41, 5.74) is 2.93. The third-order valence-electron chi connectivity index (χ3n) is 2.44. The molecular formula is C12H13NO2. The molecular weight excluding hydrogens is 190 g/mol. The van der Waals surface area contributed by atoms with Crippen LogP contribution in [-0.2, 0) is 11.2 Å². The molecule has 0 aliphatic heterocycles. The zero-order valence-electron chi connectivity index (χ0n) is 8.83. The number of carbonyl (C=O) groups excluding carboxylic acids is 1. The summed E-state index contributed by atoms with van der Waals surface area (Å²) in [6.07, 6.45) is 2.02. The Balaban J connectivity index is 2.41. The highest BCUT2D eigenvalue weighted by Crippen LogP contribution is 2.22. The predicted molar refractivity (Wildman–Crippen MR) is 58.7 cm³/mol. The molecule has 1 aromatic carbocycles. The number of hydrogen-bond acceptors (Lipinski definition) is 2. The van der Waals surface area contributed by atoms with Gasteiger partial charge in [0.25, 0.3) is 0 Å². The monoisotopic (exact) mass is 203 g/mol. The van der Waals surface area contributed by atoms with Gasteiger partial charge >= 0.3 is 0 Å². The fourth-order valence-electron chi connectivity index (χ4n) is 1.59. The second-order valence-corrected chi connectivity index (χ2v) is 3.61. The van der Waals surface area contributed by atoms with Crippen molar-refractivity contribution in [1.29, 1.82) is 0 Å². The Morgan fingerprint density at radius 3 is 3.00 bits per heavy atom. The molecule has 1 heterocycles. The lowest BCUT2D eigenvalue weighted by molar-refractivity contribution is -0.119. The van der Waals surface area contributed by atoms with E-state index in [0.717, 1.165) is 22.1 Å². The first-order valence-corrected chi connectivity index (χ1v) is 4.88. The highest BCUT2D eigenvalue weighted by atomic mass is 16.3. The molecule has 0 aliphatic rings. The number of nitrogens with one attached hydrogen (secondary N) is 1. The third kappa shape index (κ3) is 1.86. The van der Waals surface area contributed by atoms with Gasteiger partial charge in [-0.15, -0.1) is 0 Å². The molecule has 0 unspecified atom stereocenters. The molecule has 0 fully saturated rings. The normalized spacial score (nSPS) is 10.5. The zero-order chi connectivity index (χ0) is 10.8. The molecule has 3 heteroatoms. The van der Waals surface area contributed by atoms with E-state index in [1.807, 2.05) is 25.1 Å². The van der Waals surface area contributed by atoms with Gasteiger partial charge in [0.05, 0.1) is 12.7 Å². The Morgan fingerprint density at radius 2 is 2.27 bits per heavy atom. The topological polar surface area (TPSA) is 42.2 Å². The Hall–Kier alpha value is -1.77. The fourth-order valence-corrected chi connectivity index (χ4v) is 1.59. The maximum Gasteiger partial charge on any atom is 0.224 e. The van der Waals surface area contributed by atoms with Crippen molar-refractivity contribution in [2.24, 2.45) is 0 Å². The van der Waals surface area contributed by atoms with Gasteiger partial charge in [0, 0.05) is 18.0 Å². The number of fused-ring (bicyclic) bond motifs is 1. The number of aryl methyl sites for hydroxylation is 1. The van der Waals surface area contributed by atoms with Crippen LogP contribution in [0.1, 0.15) is 11.1 Å². The minimum absolute atomic E-state index is 0.00160. The predicted octanol–water partition coefficient (Wildman–Crippen LogP) is 2.03. The zero-order valence-corrected chi connectivity index (χ0v) is 8.83. The van der Waals surface area contributed by atoms with Crippen LogP contribution in [0.15, 0.2) is 28.9 Å². The summed E-state index contributed by atoms with van der Waals surface area (Å²) in [5.74, 6) is -0.00160. The van der Waals surface area contributed by atoms with Crippen LogP contribution < -0.4 is 5.32 Å². The van der Waals surface area contributed by atoms with Crippen LogP contribution in [0.25, 0.3) is 11.0 Å². The van der Waals surface area contributed by atoms with Crippen molar-refractivity contribution in [2.45, 2.75) is 13.3 Å². The van der Waals surface area contributed by atoms with Crippen molar-refractivity contribution < 1.29 is 9.21 Å². The highest BCUT2D eigenvalue weighted by Gasteiger charge is 2.08. The minimum atomic E-state index is -0.00160. The van der Waals surface area contributed by atoms with Crippen LogP contribution >= 0.6 is 0 Å². The lowest BCUT2D eigenvalue weighted by Gasteiger charge is -1.97. The molecule has 1 aromatic heterocycles. The van der Waals surface area contributed by atoms with E-state index in [2.05, 4.69) is 5.32 Å². The number of amides is 1. The van der Waals surface area contributed by atoms with Crippen molar-refractivity contribution >= 4 is 16.9 Å². The number of carbonyl (C=O) groups is 1. The summed E-state index contributed by atoms with van der Waals surface area (Å²) >= 11 is 0. The lowest BCUT2D eigenvalue weighted by atomic mass is 10.1. The minimum Gasteiger partial charge on any atom is -0.464 e. The highest BCUT2D eigenvalue weighted by molar-refractivity contribution is 5.87. The Labute approximate surface area is 88.1 Å². The van der Waals surface area contributed by atoms with Crippen LogP contribution in [0, 0.1) is 6.92 Å². The van der Waals surface area contributed by atoms with Gasteiger partial charge in [0.15, 0.2) is 0 Å². The van der Waals surface area contributed by atoms with Gasteiger partial charge < -0.3 is 9.73 Å². The Bertz CT molecular complexity index is 499. The second-order valence-electron chi connectivity index (χ2n) is 3.61. The van der Waals surface area contributed by atoms with Gasteiger partial charge in [-0.1, -0.05) is 12.1 Å². The summed E-state index contributed by atoms with van der Waals surface area (Å²) in [7, 11) is 1.63. The molecule has 3 nitrogen and oxygen atoms in total. The quantitative estimate of drug-likeness (QED) is 0.811. The smallest absolute Gasteiger partial charge is 0.224 e. The summed E-state index contributed by atoms with van der Waals surface area (Å²) in [6.45, 7) is 2.01. The molecule has 0 aliphatic carbocycles. The average Bonchev–Trinajstić information content (AvgIpc) is 2.60. The van der Waals surface area contributed by atoms with Gasteiger partial charge in [0.2, 0.25) is 5.91 Å². The maximum absolute atomic E-state index is 11.2. The summed E-state index contributed by atoms with van der Waals surface area (Å²) in [6, 6.07) is 5.99. The van der Waals surface area contributed by atoms with Gasteiger partial charge in [-0.05, 0) is 18.6 Å². The lowest BCUT2D eigenvalue weighted by Crippen LogP contribution is -2.19. The van der Waals surface area contributed by atoms with Crippen LogP contribution in [0.5, 0.6) is 0 Å². The van der Waals surface area contributed by atoms with E-state index in [1.54, 1.807) is 13.3 Å². The number of hydrogen-bond donors (Lipinski definition) is 1. The molecule has 2 aromatic rings. The average molecular weight is 203 g/mol. The number of benzene rings is 1. The van der Waals surface area contributed by atoms with Gasteiger partial charge in [-0.2, -0.15) is 0 Å². The number of likely N-dealkylation sites (N-methyl/N-ethyl adjacent to an activating group) is 1. The van der Waals surface area contributed by atoms with Crippen molar-refractivity contribution in [3.63, 3.8) is 0 Å². The fraction of sp³-hybridized carbons (Fsp3) is 0.250. The van der Waals surface area contributed by atoms with Gasteiger partial charge in [-0.3, -0.25) is 4.79 Å². The maximum atomic E-state index is 11.2. The van der Waals surface area contributed by atoms with E-state index in [1.165, 1.54) is 0 Å². The Kier molecular flexibility index (Phi) is 2.46. The van der Waals surface area contributed by atoms with Gasteiger partial charge in [-0.25, -0.2) is 0 Å². The molecule has 0 atom stereocenters. The van der Waals surface area contributed by atoms with Crippen LogP contribution in [0.3, 0.4) is 0 Å². The first-order chi connectivity index (χ1) is 7.20. The molecule has 0 bridgehead atoms. The molecule has 0 saturated carbocycles. The van der Waals surface area contributed by atoms with Crippen LogP contribution in [-0.4, -0.2) is 13.0 Å². The van der Waals surface area contributed by atoms with Crippen LogP contribution in [0.4, 0.5) is 0 Å². The second kappa shape index (κ2) is 3.77.